The van der Waals surface area contributed by atoms with Gasteiger partial charge in [0.1, 0.15) is 0 Å². The maximum atomic E-state index is 3.60. The quantitative estimate of drug-likeness (QED) is 0.702. The number of piperidine rings is 1. The molecule has 0 bridgehead atoms. The lowest BCUT2D eigenvalue weighted by Gasteiger charge is -2.42. The molecule has 0 aromatic rings. The number of rotatable bonds is 7. The summed E-state index contributed by atoms with van der Waals surface area (Å²) in [6.07, 6.45) is 3.93. The molecule has 1 N–H and O–H groups in total. The van der Waals surface area contributed by atoms with Gasteiger partial charge in [0.25, 0.3) is 0 Å². The van der Waals surface area contributed by atoms with Crippen LogP contribution < -0.4 is 5.32 Å². The van der Waals surface area contributed by atoms with Crippen molar-refractivity contribution in [2.45, 2.75) is 52.1 Å². The third kappa shape index (κ3) is 4.87. The monoisotopic (exact) mass is 255 g/mol. The highest BCUT2D eigenvalue weighted by Gasteiger charge is 2.28. The van der Waals surface area contributed by atoms with E-state index in [1.165, 1.54) is 32.4 Å². The van der Waals surface area contributed by atoms with Crippen molar-refractivity contribution in [3.8, 4) is 0 Å². The van der Waals surface area contributed by atoms with Gasteiger partial charge in [-0.2, -0.15) is 0 Å². The van der Waals surface area contributed by atoms with Crippen LogP contribution in [0.5, 0.6) is 0 Å². The van der Waals surface area contributed by atoms with Crippen LogP contribution in [0.1, 0.15) is 40.0 Å². The summed E-state index contributed by atoms with van der Waals surface area (Å²) in [5.41, 5.74) is 0. The van der Waals surface area contributed by atoms with E-state index in [2.05, 4.69) is 50.0 Å². The van der Waals surface area contributed by atoms with Gasteiger partial charge in [0.05, 0.1) is 0 Å². The molecule has 3 heteroatoms. The molecule has 1 rings (SSSR count). The van der Waals surface area contributed by atoms with Crippen LogP contribution in [0.3, 0.4) is 0 Å². The van der Waals surface area contributed by atoms with Crippen molar-refractivity contribution < 1.29 is 0 Å². The molecule has 0 radical (unpaired) electrons. The second kappa shape index (κ2) is 8.13. The predicted octanol–water partition coefficient (Wildman–Crippen LogP) is 2.04. The molecule has 1 heterocycles. The third-order valence-corrected chi connectivity index (χ3v) is 4.18. The summed E-state index contributed by atoms with van der Waals surface area (Å²) in [5.74, 6) is 0.732. The molecule has 18 heavy (non-hydrogen) atoms. The van der Waals surface area contributed by atoms with Crippen molar-refractivity contribution in [1.29, 1.82) is 0 Å². The molecule has 0 amide bonds. The fourth-order valence-electron chi connectivity index (χ4n) is 2.92. The molecule has 2 atom stereocenters. The SMILES string of the molecule is CCCNCC(C(C)C)N1CCCC(N(C)C)C1. The standard InChI is InChI=1S/C15H33N3/c1-6-9-16-11-15(13(2)3)18-10-7-8-14(12-18)17(4)5/h13-16H,6-12H2,1-5H3. The van der Waals surface area contributed by atoms with E-state index < -0.39 is 0 Å². The number of hydrogen-bond donors (Lipinski definition) is 1. The first-order valence-corrected chi connectivity index (χ1v) is 7.67. The highest BCUT2D eigenvalue weighted by molar-refractivity contribution is 4.85. The van der Waals surface area contributed by atoms with Crippen LogP contribution in [-0.2, 0) is 0 Å². The minimum atomic E-state index is 0.694. The first-order chi connectivity index (χ1) is 8.56. The average Bonchev–Trinajstić information content (AvgIpc) is 2.34. The Morgan fingerprint density at radius 2 is 2.06 bits per heavy atom. The topological polar surface area (TPSA) is 18.5 Å². The van der Waals surface area contributed by atoms with Gasteiger partial charge in [0.2, 0.25) is 0 Å². The third-order valence-electron chi connectivity index (χ3n) is 4.18. The fraction of sp³-hybridized carbons (Fsp3) is 1.00. The van der Waals surface area contributed by atoms with E-state index in [4.69, 9.17) is 0 Å². The Morgan fingerprint density at radius 3 is 2.61 bits per heavy atom. The van der Waals surface area contributed by atoms with Crippen molar-refractivity contribution >= 4 is 0 Å². The summed E-state index contributed by atoms with van der Waals surface area (Å²) in [6.45, 7) is 11.8. The van der Waals surface area contributed by atoms with Crippen LogP contribution in [0.25, 0.3) is 0 Å². The Balaban J connectivity index is 2.50. The molecule has 1 aliphatic rings. The van der Waals surface area contributed by atoms with Crippen molar-refractivity contribution in [3.63, 3.8) is 0 Å². The summed E-state index contributed by atoms with van der Waals surface area (Å²) in [5, 5.41) is 3.60. The molecule has 1 aliphatic heterocycles. The largest absolute Gasteiger partial charge is 0.315 e. The summed E-state index contributed by atoms with van der Waals surface area (Å²) < 4.78 is 0. The summed E-state index contributed by atoms with van der Waals surface area (Å²) in [4.78, 5) is 5.10. The minimum absolute atomic E-state index is 0.694. The van der Waals surface area contributed by atoms with Gasteiger partial charge in [0, 0.05) is 25.2 Å². The van der Waals surface area contributed by atoms with Crippen LogP contribution in [-0.4, -0.2) is 62.2 Å². The van der Waals surface area contributed by atoms with E-state index in [9.17, 15) is 0 Å². The highest BCUT2D eigenvalue weighted by Crippen LogP contribution is 2.19. The van der Waals surface area contributed by atoms with E-state index in [1.807, 2.05) is 0 Å². The van der Waals surface area contributed by atoms with Gasteiger partial charge in [-0.05, 0) is 52.4 Å². The lowest BCUT2D eigenvalue weighted by atomic mass is 9.97. The van der Waals surface area contributed by atoms with Crippen LogP contribution in [0.15, 0.2) is 0 Å². The number of likely N-dealkylation sites (N-methyl/N-ethyl adjacent to an activating group) is 1. The molecule has 0 aromatic carbocycles. The van der Waals surface area contributed by atoms with Gasteiger partial charge in [-0.3, -0.25) is 4.90 Å². The number of hydrogen-bond acceptors (Lipinski definition) is 3. The van der Waals surface area contributed by atoms with Crippen LogP contribution in [0, 0.1) is 5.92 Å². The molecule has 0 aromatic heterocycles. The molecule has 0 saturated carbocycles. The van der Waals surface area contributed by atoms with E-state index >= 15 is 0 Å². The molecular formula is C15H33N3. The van der Waals surface area contributed by atoms with E-state index in [0.29, 0.717) is 6.04 Å². The second-order valence-corrected chi connectivity index (χ2v) is 6.27. The van der Waals surface area contributed by atoms with Crippen molar-refractivity contribution in [1.82, 2.24) is 15.1 Å². The minimum Gasteiger partial charge on any atom is -0.315 e. The molecule has 1 fully saturated rings. The van der Waals surface area contributed by atoms with Gasteiger partial charge >= 0.3 is 0 Å². The zero-order chi connectivity index (χ0) is 13.5. The average molecular weight is 255 g/mol. The van der Waals surface area contributed by atoms with E-state index in [0.717, 1.165) is 25.0 Å². The maximum Gasteiger partial charge on any atom is 0.0244 e. The predicted molar refractivity (Wildman–Crippen MR) is 80.1 cm³/mol. The van der Waals surface area contributed by atoms with Gasteiger partial charge in [0.15, 0.2) is 0 Å². The summed E-state index contributed by atoms with van der Waals surface area (Å²) >= 11 is 0. The molecular weight excluding hydrogens is 222 g/mol. The first-order valence-electron chi connectivity index (χ1n) is 7.67. The van der Waals surface area contributed by atoms with E-state index in [1.54, 1.807) is 0 Å². The fourth-order valence-corrected chi connectivity index (χ4v) is 2.92. The zero-order valence-corrected chi connectivity index (χ0v) is 13.1. The van der Waals surface area contributed by atoms with Crippen molar-refractivity contribution in [2.24, 2.45) is 5.92 Å². The van der Waals surface area contributed by atoms with Crippen LogP contribution in [0.4, 0.5) is 0 Å². The Morgan fingerprint density at radius 1 is 1.33 bits per heavy atom. The molecule has 0 spiro atoms. The zero-order valence-electron chi connectivity index (χ0n) is 13.1. The van der Waals surface area contributed by atoms with Gasteiger partial charge in [-0.1, -0.05) is 20.8 Å². The van der Waals surface area contributed by atoms with Crippen LogP contribution >= 0.6 is 0 Å². The van der Waals surface area contributed by atoms with Crippen molar-refractivity contribution in [2.75, 3.05) is 40.3 Å². The van der Waals surface area contributed by atoms with E-state index in [-0.39, 0.29) is 0 Å². The summed E-state index contributed by atoms with van der Waals surface area (Å²) in [7, 11) is 4.43. The smallest absolute Gasteiger partial charge is 0.0244 e. The number of likely N-dealkylation sites (tertiary alicyclic amines) is 1. The number of nitrogens with one attached hydrogen (secondary N) is 1. The molecule has 3 nitrogen and oxygen atoms in total. The highest BCUT2D eigenvalue weighted by atomic mass is 15.2. The van der Waals surface area contributed by atoms with Gasteiger partial charge < -0.3 is 10.2 Å². The lowest BCUT2D eigenvalue weighted by Crippen LogP contribution is -2.53. The van der Waals surface area contributed by atoms with Gasteiger partial charge in [-0.15, -0.1) is 0 Å². The van der Waals surface area contributed by atoms with Gasteiger partial charge in [-0.25, -0.2) is 0 Å². The lowest BCUT2D eigenvalue weighted by molar-refractivity contribution is 0.0753. The number of nitrogens with zero attached hydrogens (tertiary/aromatic N) is 2. The van der Waals surface area contributed by atoms with Crippen molar-refractivity contribution in [3.05, 3.63) is 0 Å². The first kappa shape index (κ1) is 15.9. The Kier molecular flexibility index (Phi) is 7.20. The molecule has 2 unspecified atom stereocenters. The summed E-state index contributed by atoms with van der Waals surface area (Å²) in [6, 6.07) is 1.44. The molecule has 0 aliphatic carbocycles. The Labute approximate surface area is 114 Å². The Bertz CT molecular complexity index is 216. The Hall–Kier alpha value is -0.120. The molecule has 108 valence electrons. The molecule has 1 saturated heterocycles. The maximum absolute atomic E-state index is 3.60. The normalized spacial score (nSPS) is 23.8. The van der Waals surface area contributed by atoms with Crippen LogP contribution in [0.2, 0.25) is 0 Å². The second-order valence-electron chi connectivity index (χ2n) is 6.27.